The fourth-order valence-electron chi connectivity index (χ4n) is 3.55. The van der Waals surface area contributed by atoms with E-state index in [9.17, 15) is 4.79 Å². The van der Waals surface area contributed by atoms with Crippen molar-refractivity contribution in [3.63, 3.8) is 0 Å². The van der Waals surface area contributed by atoms with Gasteiger partial charge in [-0.15, -0.1) is 0 Å². The van der Waals surface area contributed by atoms with E-state index in [-0.39, 0.29) is 30.0 Å². The third-order valence-electron chi connectivity index (χ3n) is 5.08. The molecule has 0 saturated carbocycles. The number of fused-ring (bicyclic) bond motifs is 1. The molecule has 0 spiro atoms. The quantitative estimate of drug-likeness (QED) is 0.929. The van der Waals surface area contributed by atoms with Crippen molar-refractivity contribution in [1.82, 2.24) is 19.7 Å². The Morgan fingerprint density at radius 3 is 2.64 bits per heavy atom. The summed E-state index contributed by atoms with van der Waals surface area (Å²) in [5.74, 6) is 0.315. The topological polar surface area (TPSA) is 77.0 Å². The summed E-state index contributed by atoms with van der Waals surface area (Å²) in [6, 6.07) is 2.49. The molecule has 0 radical (unpaired) electrons. The summed E-state index contributed by atoms with van der Waals surface area (Å²) in [6.45, 7) is 11.1. The molecule has 1 amide bonds. The van der Waals surface area contributed by atoms with Gasteiger partial charge in [0.05, 0.1) is 17.1 Å². The van der Waals surface area contributed by atoms with Crippen LogP contribution in [0, 0.1) is 0 Å². The van der Waals surface area contributed by atoms with Gasteiger partial charge in [-0.05, 0) is 45.6 Å². The number of hydrogen-bond acceptors (Lipinski definition) is 4. The van der Waals surface area contributed by atoms with E-state index in [1.165, 1.54) is 0 Å². The van der Waals surface area contributed by atoms with E-state index in [0.29, 0.717) is 12.1 Å². The summed E-state index contributed by atoms with van der Waals surface area (Å²) in [7, 11) is 0. The zero-order chi connectivity index (χ0) is 18.3. The molecule has 136 valence electrons. The van der Waals surface area contributed by atoms with Crippen LogP contribution in [0.1, 0.15) is 75.5 Å². The van der Waals surface area contributed by atoms with Crippen LogP contribution in [-0.2, 0) is 0 Å². The normalized spacial score (nSPS) is 21.5. The largest absolute Gasteiger partial charge is 0.336 e. The molecule has 6 nitrogen and oxygen atoms in total. The minimum atomic E-state index is 0.0667. The van der Waals surface area contributed by atoms with Crippen molar-refractivity contribution in [3.8, 4) is 0 Å². The third kappa shape index (κ3) is 3.27. The molecule has 2 N–H and O–H groups in total. The molecule has 0 aromatic carbocycles. The molecule has 3 heterocycles. The minimum absolute atomic E-state index is 0.0667. The van der Waals surface area contributed by atoms with Gasteiger partial charge >= 0.3 is 0 Å². The summed E-state index contributed by atoms with van der Waals surface area (Å²) in [6.07, 6.45) is 3.48. The molecule has 25 heavy (non-hydrogen) atoms. The molecule has 2 atom stereocenters. The zero-order valence-corrected chi connectivity index (χ0v) is 15.9. The lowest BCUT2D eigenvalue weighted by molar-refractivity contribution is 0.0621. The average molecular weight is 343 g/mol. The van der Waals surface area contributed by atoms with Crippen LogP contribution in [0.3, 0.4) is 0 Å². The van der Waals surface area contributed by atoms with Crippen molar-refractivity contribution in [1.29, 1.82) is 0 Å². The Balaban J connectivity index is 2.09. The first-order valence-electron chi connectivity index (χ1n) is 9.24. The van der Waals surface area contributed by atoms with E-state index in [1.807, 2.05) is 15.6 Å². The molecule has 1 fully saturated rings. The molecule has 6 heteroatoms. The molecular weight excluding hydrogens is 314 g/mol. The second-order valence-corrected chi connectivity index (χ2v) is 7.80. The van der Waals surface area contributed by atoms with Gasteiger partial charge in [0.2, 0.25) is 0 Å². The number of rotatable bonds is 3. The average Bonchev–Trinajstić information content (AvgIpc) is 2.97. The number of carbonyl (C=O) groups is 1. The van der Waals surface area contributed by atoms with Crippen LogP contribution in [0.2, 0.25) is 0 Å². The number of pyridine rings is 1. The highest BCUT2D eigenvalue weighted by molar-refractivity contribution is 6.05. The standard InChI is InChI=1S/C19H29N5O/c1-11(2)17-9-15(16-10-21-24(12(3)4)18(16)22-17)19(25)23-7-6-14(20)8-13(23)5/h9-14H,6-8,20H2,1-5H3/t13-,14-/m1/s1. The summed E-state index contributed by atoms with van der Waals surface area (Å²) in [5.41, 5.74) is 8.49. The van der Waals surface area contributed by atoms with Gasteiger partial charge in [0, 0.05) is 30.4 Å². The maximum absolute atomic E-state index is 13.3. The molecule has 1 aliphatic rings. The zero-order valence-electron chi connectivity index (χ0n) is 15.9. The molecule has 0 aliphatic carbocycles. The van der Waals surface area contributed by atoms with Crippen LogP contribution in [0.25, 0.3) is 11.0 Å². The summed E-state index contributed by atoms with van der Waals surface area (Å²) in [5, 5.41) is 5.32. The Bertz CT molecular complexity index is 779. The highest BCUT2D eigenvalue weighted by atomic mass is 16.2. The van der Waals surface area contributed by atoms with Crippen molar-refractivity contribution in [2.75, 3.05) is 6.54 Å². The van der Waals surface area contributed by atoms with E-state index in [2.05, 4.69) is 39.7 Å². The SMILES string of the molecule is CC(C)c1cc(C(=O)N2CC[C@@H](N)C[C@H]2C)c2cnn(C(C)C)c2n1. The fourth-order valence-corrected chi connectivity index (χ4v) is 3.55. The predicted octanol–water partition coefficient (Wildman–Crippen LogP) is 3.09. The second kappa shape index (κ2) is 6.75. The van der Waals surface area contributed by atoms with Gasteiger partial charge in [0.25, 0.3) is 5.91 Å². The van der Waals surface area contributed by atoms with Gasteiger partial charge in [-0.25, -0.2) is 9.67 Å². The van der Waals surface area contributed by atoms with Crippen LogP contribution in [0.15, 0.2) is 12.3 Å². The number of amides is 1. The molecule has 2 aromatic heterocycles. The van der Waals surface area contributed by atoms with Crippen molar-refractivity contribution in [2.45, 2.75) is 71.5 Å². The van der Waals surface area contributed by atoms with E-state index < -0.39 is 0 Å². The van der Waals surface area contributed by atoms with Gasteiger partial charge in [-0.1, -0.05) is 13.8 Å². The summed E-state index contributed by atoms with van der Waals surface area (Å²) < 4.78 is 1.90. The Labute approximate surface area is 149 Å². The van der Waals surface area contributed by atoms with Crippen LogP contribution < -0.4 is 5.73 Å². The number of nitrogens with two attached hydrogens (primary N) is 1. The number of hydrogen-bond donors (Lipinski definition) is 1. The van der Waals surface area contributed by atoms with Gasteiger partial charge < -0.3 is 10.6 Å². The van der Waals surface area contributed by atoms with Crippen LogP contribution in [0.4, 0.5) is 0 Å². The Kier molecular flexibility index (Phi) is 4.82. The Morgan fingerprint density at radius 1 is 1.32 bits per heavy atom. The summed E-state index contributed by atoms with van der Waals surface area (Å²) >= 11 is 0. The van der Waals surface area contributed by atoms with Gasteiger partial charge in [0.1, 0.15) is 0 Å². The fraction of sp³-hybridized carbons (Fsp3) is 0.632. The second-order valence-electron chi connectivity index (χ2n) is 7.80. The highest BCUT2D eigenvalue weighted by Crippen LogP contribution is 2.27. The van der Waals surface area contributed by atoms with Crippen molar-refractivity contribution in [3.05, 3.63) is 23.5 Å². The molecular formula is C19H29N5O. The van der Waals surface area contributed by atoms with E-state index in [4.69, 9.17) is 10.7 Å². The van der Waals surface area contributed by atoms with Crippen molar-refractivity contribution < 1.29 is 4.79 Å². The molecule has 3 rings (SSSR count). The van der Waals surface area contributed by atoms with E-state index in [0.717, 1.165) is 29.6 Å². The highest BCUT2D eigenvalue weighted by Gasteiger charge is 2.30. The lowest BCUT2D eigenvalue weighted by Crippen LogP contribution is -2.48. The lowest BCUT2D eigenvalue weighted by atomic mass is 9.97. The number of piperidine rings is 1. The maximum atomic E-state index is 13.3. The van der Waals surface area contributed by atoms with E-state index in [1.54, 1.807) is 6.20 Å². The van der Waals surface area contributed by atoms with Crippen molar-refractivity contribution in [2.24, 2.45) is 5.73 Å². The number of carbonyl (C=O) groups excluding carboxylic acids is 1. The molecule has 2 aromatic rings. The predicted molar refractivity (Wildman–Crippen MR) is 99.7 cm³/mol. The smallest absolute Gasteiger partial charge is 0.254 e. The minimum Gasteiger partial charge on any atom is -0.336 e. The first-order chi connectivity index (χ1) is 11.8. The van der Waals surface area contributed by atoms with Crippen LogP contribution in [-0.4, -0.2) is 44.2 Å². The first-order valence-corrected chi connectivity index (χ1v) is 9.24. The van der Waals surface area contributed by atoms with E-state index >= 15 is 0 Å². The number of aromatic nitrogens is 3. The Morgan fingerprint density at radius 2 is 2.04 bits per heavy atom. The van der Waals surface area contributed by atoms with Crippen molar-refractivity contribution >= 4 is 16.9 Å². The molecule has 0 unspecified atom stereocenters. The molecule has 1 saturated heterocycles. The monoisotopic (exact) mass is 343 g/mol. The molecule has 0 bridgehead atoms. The van der Waals surface area contributed by atoms with Gasteiger partial charge in [0.15, 0.2) is 5.65 Å². The third-order valence-corrected chi connectivity index (χ3v) is 5.08. The lowest BCUT2D eigenvalue weighted by Gasteiger charge is -2.36. The number of likely N-dealkylation sites (tertiary alicyclic amines) is 1. The Hall–Kier alpha value is -1.95. The van der Waals surface area contributed by atoms with Gasteiger partial charge in [-0.3, -0.25) is 4.79 Å². The van der Waals surface area contributed by atoms with Crippen LogP contribution >= 0.6 is 0 Å². The maximum Gasteiger partial charge on any atom is 0.254 e. The number of nitrogens with zero attached hydrogens (tertiary/aromatic N) is 4. The van der Waals surface area contributed by atoms with Crippen LogP contribution in [0.5, 0.6) is 0 Å². The molecule has 1 aliphatic heterocycles. The summed E-state index contributed by atoms with van der Waals surface area (Å²) in [4.78, 5) is 20.0. The van der Waals surface area contributed by atoms with Gasteiger partial charge in [-0.2, -0.15) is 5.10 Å². The first kappa shape index (κ1) is 17.9.